The van der Waals surface area contributed by atoms with Crippen LogP contribution in [-0.4, -0.2) is 37.1 Å². The van der Waals surface area contributed by atoms with E-state index < -0.39 is 0 Å². The highest BCUT2D eigenvalue weighted by Crippen LogP contribution is 2.28. The number of aryl methyl sites for hydroxylation is 1. The fraction of sp³-hybridized carbons (Fsp3) is 0.562. The molecule has 2 heterocycles. The molecule has 1 aromatic carbocycles. The SMILES string of the molecule is O=C(COc1ccc2c(c1)CCCO2)N1CCCCC1. The van der Waals surface area contributed by atoms with Crippen LogP contribution in [0, 0.1) is 0 Å². The topological polar surface area (TPSA) is 38.8 Å². The standard InChI is InChI=1S/C16H21NO3/c18-16(17-8-2-1-3-9-17)12-20-14-6-7-15-13(11-14)5-4-10-19-15/h6-7,11H,1-5,8-10,12H2. The second-order valence-corrected chi connectivity index (χ2v) is 5.45. The van der Waals surface area contributed by atoms with Crippen LogP contribution >= 0.6 is 0 Å². The Morgan fingerprint density at radius 2 is 2.05 bits per heavy atom. The third-order valence-corrected chi connectivity index (χ3v) is 3.95. The molecule has 1 aromatic rings. The number of benzene rings is 1. The number of amides is 1. The average Bonchev–Trinajstić information content (AvgIpc) is 2.53. The van der Waals surface area contributed by atoms with Gasteiger partial charge in [0.05, 0.1) is 6.61 Å². The van der Waals surface area contributed by atoms with E-state index in [-0.39, 0.29) is 12.5 Å². The first-order chi connectivity index (χ1) is 9.83. The van der Waals surface area contributed by atoms with Crippen LogP contribution in [0.25, 0.3) is 0 Å². The number of carbonyl (C=O) groups excluding carboxylic acids is 1. The Balaban J connectivity index is 1.56. The minimum atomic E-state index is 0.0960. The maximum atomic E-state index is 12.0. The Bertz CT molecular complexity index is 481. The fourth-order valence-corrected chi connectivity index (χ4v) is 2.81. The number of hydrogen-bond donors (Lipinski definition) is 0. The highest BCUT2D eigenvalue weighted by Gasteiger charge is 2.17. The van der Waals surface area contributed by atoms with E-state index in [0.29, 0.717) is 0 Å². The van der Waals surface area contributed by atoms with E-state index in [1.165, 1.54) is 12.0 Å². The van der Waals surface area contributed by atoms with Crippen molar-refractivity contribution < 1.29 is 14.3 Å². The van der Waals surface area contributed by atoms with Crippen molar-refractivity contribution in [3.63, 3.8) is 0 Å². The average molecular weight is 275 g/mol. The molecule has 2 aliphatic rings. The lowest BCUT2D eigenvalue weighted by atomic mass is 10.1. The van der Waals surface area contributed by atoms with Gasteiger partial charge in [-0.15, -0.1) is 0 Å². The summed E-state index contributed by atoms with van der Waals surface area (Å²) in [7, 11) is 0. The number of ether oxygens (including phenoxy) is 2. The molecule has 0 aliphatic carbocycles. The first kappa shape index (κ1) is 13.3. The van der Waals surface area contributed by atoms with Crippen molar-refractivity contribution in [2.75, 3.05) is 26.3 Å². The highest BCUT2D eigenvalue weighted by molar-refractivity contribution is 5.77. The first-order valence-corrected chi connectivity index (χ1v) is 7.49. The molecule has 1 saturated heterocycles. The maximum absolute atomic E-state index is 12.0. The van der Waals surface area contributed by atoms with Gasteiger partial charge < -0.3 is 14.4 Å². The second kappa shape index (κ2) is 6.16. The van der Waals surface area contributed by atoms with E-state index in [4.69, 9.17) is 9.47 Å². The Morgan fingerprint density at radius 1 is 1.20 bits per heavy atom. The minimum absolute atomic E-state index is 0.0960. The Labute approximate surface area is 119 Å². The molecule has 0 atom stereocenters. The van der Waals surface area contributed by atoms with Crippen LogP contribution in [0.5, 0.6) is 11.5 Å². The molecular formula is C16H21NO3. The number of piperidine rings is 1. The van der Waals surface area contributed by atoms with Gasteiger partial charge in [-0.05, 0) is 55.9 Å². The molecule has 1 fully saturated rings. The smallest absolute Gasteiger partial charge is 0.260 e. The summed E-state index contributed by atoms with van der Waals surface area (Å²) in [6.45, 7) is 2.68. The van der Waals surface area contributed by atoms with Crippen molar-refractivity contribution in [2.24, 2.45) is 0 Å². The number of carbonyl (C=O) groups is 1. The van der Waals surface area contributed by atoms with E-state index in [1.807, 2.05) is 23.1 Å². The van der Waals surface area contributed by atoms with E-state index in [9.17, 15) is 4.79 Å². The zero-order valence-corrected chi connectivity index (χ0v) is 11.8. The normalized spacial score (nSPS) is 18.1. The molecule has 4 nitrogen and oxygen atoms in total. The predicted octanol–water partition coefficient (Wildman–Crippen LogP) is 2.40. The Kier molecular flexibility index (Phi) is 4.09. The molecular weight excluding hydrogens is 254 g/mol. The molecule has 0 radical (unpaired) electrons. The van der Waals surface area contributed by atoms with Crippen LogP contribution in [0.4, 0.5) is 0 Å². The van der Waals surface area contributed by atoms with Gasteiger partial charge in [0, 0.05) is 13.1 Å². The van der Waals surface area contributed by atoms with Gasteiger partial charge in [-0.3, -0.25) is 4.79 Å². The van der Waals surface area contributed by atoms with Gasteiger partial charge in [0.15, 0.2) is 6.61 Å². The zero-order chi connectivity index (χ0) is 13.8. The Morgan fingerprint density at radius 3 is 2.90 bits per heavy atom. The van der Waals surface area contributed by atoms with E-state index >= 15 is 0 Å². The van der Waals surface area contributed by atoms with Gasteiger partial charge in [0.1, 0.15) is 11.5 Å². The molecule has 1 amide bonds. The summed E-state index contributed by atoms with van der Waals surface area (Å²) in [4.78, 5) is 13.9. The first-order valence-electron chi connectivity index (χ1n) is 7.49. The van der Waals surface area contributed by atoms with Gasteiger partial charge in [-0.2, -0.15) is 0 Å². The van der Waals surface area contributed by atoms with Gasteiger partial charge in [-0.25, -0.2) is 0 Å². The molecule has 0 saturated carbocycles. The van der Waals surface area contributed by atoms with Crippen molar-refractivity contribution >= 4 is 5.91 Å². The van der Waals surface area contributed by atoms with E-state index in [2.05, 4.69) is 0 Å². The molecule has 4 heteroatoms. The third-order valence-electron chi connectivity index (χ3n) is 3.95. The number of fused-ring (bicyclic) bond motifs is 1. The van der Waals surface area contributed by atoms with Crippen LogP contribution in [0.2, 0.25) is 0 Å². The second-order valence-electron chi connectivity index (χ2n) is 5.45. The summed E-state index contributed by atoms with van der Waals surface area (Å²) in [5, 5.41) is 0. The molecule has 108 valence electrons. The summed E-state index contributed by atoms with van der Waals surface area (Å²) >= 11 is 0. The van der Waals surface area contributed by atoms with Gasteiger partial charge in [-0.1, -0.05) is 0 Å². The minimum Gasteiger partial charge on any atom is -0.493 e. The lowest BCUT2D eigenvalue weighted by molar-refractivity contribution is -0.134. The van der Waals surface area contributed by atoms with Gasteiger partial charge in [0.2, 0.25) is 0 Å². The summed E-state index contributed by atoms with van der Waals surface area (Å²) < 4.78 is 11.2. The van der Waals surface area contributed by atoms with Crippen LogP contribution in [-0.2, 0) is 11.2 Å². The summed E-state index contributed by atoms with van der Waals surface area (Å²) in [5.41, 5.74) is 1.18. The maximum Gasteiger partial charge on any atom is 0.260 e. The highest BCUT2D eigenvalue weighted by atomic mass is 16.5. The number of likely N-dealkylation sites (tertiary alicyclic amines) is 1. The molecule has 3 rings (SSSR count). The number of hydrogen-bond acceptors (Lipinski definition) is 3. The lowest BCUT2D eigenvalue weighted by Crippen LogP contribution is -2.38. The quantitative estimate of drug-likeness (QED) is 0.850. The van der Waals surface area contributed by atoms with E-state index in [1.54, 1.807) is 0 Å². The van der Waals surface area contributed by atoms with Crippen LogP contribution < -0.4 is 9.47 Å². The summed E-state index contributed by atoms with van der Waals surface area (Å²) in [5.74, 6) is 1.81. The molecule has 0 aromatic heterocycles. The summed E-state index contributed by atoms with van der Waals surface area (Å²) in [6, 6.07) is 5.82. The molecule has 0 N–H and O–H groups in total. The fourth-order valence-electron chi connectivity index (χ4n) is 2.81. The molecule has 0 spiro atoms. The Hall–Kier alpha value is -1.71. The largest absolute Gasteiger partial charge is 0.493 e. The number of rotatable bonds is 3. The van der Waals surface area contributed by atoms with Crippen molar-refractivity contribution in [1.82, 2.24) is 4.90 Å². The number of nitrogens with zero attached hydrogens (tertiary/aromatic N) is 1. The van der Waals surface area contributed by atoms with Crippen molar-refractivity contribution in [3.05, 3.63) is 23.8 Å². The van der Waals surface area contributed by atoms with E-state index in [0.717, 1.165) is 56.9 Å². The summed E-state index contributed by atoms with van der Waals surface area (Å²) in [6.07, 6.45) is 5.52. The van der Waals surface area contributed by atoms with Crippen molar-refractivity contribution in [1.29, 1.82) is 0 Å². The molecule has 2 aliphatic heterocycles. The van der Waals surface area contributed by atoms with Crippen molar-refractivity contribution in [2.45, 2.75) is 32.1 Å². The monoisotopic (exact) mass is 275 g/mol. The van der Waals surface area contributed by atoms with Gasteiger partial charge in [0.25, 0.3) is 5.91 Å². The van der Waals surface area contributed by atoms with Crippen LogP contribution in [0.1, 0.15) is 31.2 Å². The lowest BCUT2D eigenvalue weighted by Gasteiger charge is -2.26. The molecule has 0 unspecified atom stereocenters. The van der Waals surface area contributed by atoms with Crippen molar-refractivity contribution in [3.8, 4) is 11.5 Å². The zero-order valence-electron chi connectivity index (χ0n) is 11.8. The molecule has 0 bridgehead atoms. The van der Waals surface area contributed by atoms with Crippen LogP contribution in [0.15, 0.2) is 18.2 Å². The van der Waals surface area contributed by atoms with Gasteiger partial charge >= 0.3 is 0 Å². The molecule has 20 heavy (non-hydrogen) atoms. The third kappa shape index (κ3) is 3.06. The van der Waals surface area contributed by atoms with Crippen LogP contribution in [0.3, 0.4) is 0 Å². The predicted molar refractivity (Wildman–Crippen MR) is 76.2 cm³/mol.